The number of hydrogen-bond donors (Lipinski definition) is 1. The van der Waals surface area contributed by atoms with Gasteiger partial charge >= 0.3 is 0 Å². The molecule has 0 radical (unpaired) electrons. The monoisotopic (exact) mass is 270 g/mol. The molecule has 1 rings (SSSR count). The minimum absolute atomic E-state index is 0.284. The van der Waals surface area contributed by atoms with E-state index in [9.17, 15) is 0 Å². The molecule has 1 heterocycles. The molecule has 106 valence electrons. The fourth-order valence-electron chi connectivity index (χ4n) is 2.52. The van der Waals surface area contributed by atoms with Crippen molar-refractivity contribution < 1.29 is 0 Å². The van der Waals surface area contributed by atoms with E-state index in [1.807, 2.05) is 11.8 Å². The van der Waals surface area contributed by atoms with Crippen LogP contribution < -0.4 is 5.32 Å². The molecule has 2 atom stereocenters. The third kappa shape index (κ3) is 4.49. The molecule has 0 aliphatic carbocycles. The summed E-state index contributed by atoms with van der Waals surface area (Å²) in [4.78, 5) is 4.91. The van der Waals surface area contributed by atoms with Crippen LogP contribution in [0.1, 0.15) is 60.8 Å². The van der Waals surface area contributed by atoms with E-state index in [1.54, 1.807) is 0 Å². The summed E-state index contributed by atoms with van der Waals surface area (Å²) in [7, 11) is 0. The summed E-state index contributed by atoms with van der Waals surface area (Å²) in [5, 5.41) is 4.80. The Balaban J connectivity index is 2.63. The van der Waals surface area contributed by atoms with Crippen molar-refractivity contribution in [2.75, 3.05) is 5.75 Å². The Hall–Kier alpha value is -0.180. The molecule has 0 aromatic heterocycles. The maximum absolute atomic E-state index is 4.91. The molecular weight excluding hydrogens is 240 g/mol. The van der Waals surface area contributed by atoms with E-state index in [4.69, 9.17) is 4.99 Å². The first-order valence-electron chi connectivity index (χ1n) is 7.35. The lowest BCUT2D eigenvalue weighted by molar-refractivity contribution is 0.314. The topological polar surface area (TPSA) is 24.4 Å². The Morgan fingerprint density at radius 3 is 2.44 bits per heavy atom. The van der Waals surface area contributed by atoms with Crippen molar-refractivity contribution in [3.05, 3.63) is 0 Å². The predicted octanol–water partition coefficient (Wildman–Crippen LogP) is 4.31. The SMILES string of the molecule is CCC(CC)C(C)NC1=NC(C(C)(C)C)CCS1. The fraction of sp³-hybridized carbons (Fsp3) is 0.933. The number of nitrogens with one attached hydrogen (secondary N) is 1. The first-order valence-corrected chi connectivity index (χ1v) is 8.34. The Labute approximate surface area is 117 Å². The van der Waals surface area contributed by atoms with Gasteiger partial charge in [-0.1, -0.05) is 59.2 Å². The molecule has 0 spiro atoms. The molecule has 0 aromatic carbocycles. The van der Waals surface area contributed by atoms with Crippen LogP contribution in [0.2, 0.25) is 0 Å². The number of nitrogens with zero attached hydrogens (tertiary/aromatic N) is 1. The zero-order valence-corrected chi connectivity index (χ0v) is 13.7. The summed E-state index contributed by atoms with van der Waals surface area (Å²) in [6, 6.07) is 1.00. The van der Waals surface area contributed by atoms with Crippen LogP contribution in [0.25, 0.3) is 0 Å². The Morgan fingerprint density at radius 2 is 1.94 bits per heavy atom. The summed E-state index contributed by atoms with van der Waals surface area (Å²) in [6.07, 6.45) is 3.69. The lowest BCUT2D eigenvalue weighted by Crippen LogP contribution is -2.40. The molecule has 1 aliphatic heterocycles. The minimum atomic E-state index is 0.284. The lowest BCUT2D eigenvalue weighted by Gasteiger charge is -2.32. The first kappa shape index (κ1) is 15.9. The maximum Gasteiger partial charge on any atom is 0.157 e. The average molecular weight is 270 g/mol. The number of thioether (sulfide) groups is 1. The molecule has 1 N–H and O–H groups in total. The Bertz CT molecular complexity index is 277. The van der Waals surface area contributed by atoms with Crippen LogP contribution >= 0.6 is 11.8 Å². The van der Waals surface area contributed by atoms with Gasteiger partial charge in [-0.25, -0.2) is 0 Å². The maximum atomic E-state index is 4.91. The molecule has 0 saturated carbocycles. The van der Waals surface area contributed by atoms with Crippen LogP contribution in [-0.4, -0.2) is 23.0 Å². The summed E-state index contributed by atoms with van der Waals surface area (Å²) in [5.74, 6) is 1.95. The van der Waals surface area contributed by atoms with Crippen LogP contribution in [0.4, 0.5) is 0 Å². The van der Waals surface area contributed by atoms with Gasteiger partial charge in [0.15, 0.2) is 5.17 Å². The van der Waals surface area contributed by atoms with Gasteiger partial charge in [-0.15, -0.1) is 0 Å². The van der Waals surface area contributed by atoms with Crippen molar-refractivity contribution in [2.45, 2.75) is 72.9 Å². The quantitative estimate of drug-likeness (QED) is 0.823. The van der Waals surface area contributed by atoms with Crippen molar-refractivity contribution in [1.29, 1.82) is 0 Å². The molecule has 18 heavy (non-hydrogen) atoms. The molecule has 2 nitrogen and oxygen atoms in total. The number of rotatable bonds is 4. The lowest BCUT2D eigenvalue weighted by atomic mass is 9.85. The van der Waals surface area contributed by atoms with E-state index in [1.165, 1.54) is 30.2 Å². The third-order valence-electron chi connectivity index (χ3n) is 4.01. The molecule has 2 unspecified atom stereocenters. The second-order valence-electron chi connectivity index (χ2n) is 6.46. The highest BCUT2D eigenvalue weighted by molar-refractivity contribution is 8.13. The van der Waals surface area contributed by atoms with Crippen LogP contribution in [0, 0.1) is 11.3 Å². The van der Waals surface area contributed by atoms with Crippen molar-refractivity contribution in [2.24, 2.45) is 16.3 Å². The van der Waals surface area contributed by atoms with E-state index in [-0.39, 0.29) is 5.41 Å². The second-order valence-corrected chi connectivity index (χ2v) is 7.55. The van der Waals surface area contributed by atoms with Gasteiger partial charge in [0, 0.05) is 11.8 Å². The van der Waals surface area contributed by atoms with Gasteiger partial charge in [0.05, 0.1) is 6.04 Å². The van der Waals surface area contributed by atoms with Crippen LogP contribution in [0.15, 0.2) is 4.99 Å². The van der Waals surface area contributed by atoms with E-state index in [2.05, 4.69) is 46.9 Å². The van der Waals surface area contributed by atoms with Crippen molar-refractivity contribution >= 4 is 16.9 Å². The minimum Gasteiger partial charge on any atom is -0.362 e. The van der Waals surface area contributed by atoms with Gasteiger partial charge in [-0.3, -0.25) is 4.99 Å². The normalized spacial score (nSPS) is 22.8. The molecular formula is C15H30N2S. The van der Waals surface area contributed by atoms with Gasteiger partial charge in [0.1, 0.15) is 0 Å². The van der Waals surface area contributed by atoms with Crippen molar-refractivity contribution in [3.8, 4) is 0 Å². The molecule has 3 heteroatoms. The second kappa shape index (κ2) is 6.83. The van der Waals surface area contributed by atoms with Gasteiger partial charge in [-0.05, 0) is 24.7 Å². The fourth-order valence-corrected chi connectivity index (χ4v) is 3.53. The Morgan fingerprint density at radius 1 is 1.33 bits per heavy atom. The number of amidine groups is 1. The molecule has 0 saturated heterocycles. The summed E-state index contributed by atoms with van der Waals surface area (Å²) in [5.41, 5.74) is 0.284. The van der Waals surface area contributed by atoms with E-state index in [0.29, 0.717) is 12.1 Å². The molecule has 0 bridgehead atoms. The largest absolute Gasteiger partial charge is 0.362 e. The third-order valence-corrected chi connectivity index (χ3v) is 4.95. The summed E-state index contributed by atoms with van der Waals surface area (Å²) in [6.45, 7) is 13.7. The molecule has 0 aromatic rings. The standard InChI is InChI=1S/C15H30N2S/c1-7-12(8-2)11(3)16-14-17-13(9-10-18-14)15(4,5)6/h11-13H,7-10H2,1-6H3,(H,16,17). The van der Waals surface area contributed by atoms with Crippen LogP contribution in [-0.2, 0) is 0 Å². The van der Waals surface area contributed by atoms with Crippen molar-refractivity contribution in [3.63, 3.8) is 0 Å². The molecule has 0 fully saturated rings. The van der Waals surface area contributed by atoms with Crippen LogP contribution in [0.3, 0.4) is 0 Å². The van der Waals surface area contributed by atoms with Gasteiger partial charge in [0.2, 0.25) is 0 Å². The highest BCUT2D eigenvalue weighted by atomic mass is 32.2. The zero-order valence-electron chi connectivity index (χ0n) is 12.9. The van der Waals surface area contributed by atoms with Gasteiger partial charge in [0.25, 0.3) is 0 Å². The van der Waals surface area contributed by atoms with E-state index in [0.717, 1.165) is 5.92 Å². The predicted molar refractivity (Wildman–Crippen MR) is 84.4 cm³/mol. The highest BCUT2D eigenvalue weighted by Crippen LogP contribution is 2.30. The Kier molecular flexibility index (Phi) is 6.03. The first-order chi connectivity index (χ1) is 8.38. The average Bonchev–Trinajstić information content (AvgIpc) is 2.29. The highest BCUT2D eigenvalue weighted by Gasteiger charge is 2.28. The smallest absolute Gasteiger partial charge is 0.157 e. The van der Waals surface area contributed by atoms with Crippen molar-refractivity contribution in [1.82, 2.24) is 5.32 Å². The summed E-state index contributed by atoms with van der Waals surface area (Å²) < 4.78 is 0. The molecule has 1 aliphatic rings. The van der Waals surface area contributed by atoms with Gasteiger partial charge in [-0.2, -0.15) is 0 Å². The zero-order chi connectivity index (χ0) is 13.8. The van der Waals surface area contributed by atoms with E-state index >= 15 is 0 Å². The van der Waals surface area contributed by atoms with Gasteiger partial charge < -0.3 is 5.32 Å². The van der Waals surface area contributed by atoms with E-state index < -0.39 is 0 Å². The number of aliphatic imine (C=N–C) groups is 1. The summed E-state index contributed by atoms with van der Waals surface area (Å²) >= 11 is 1.89. The number of hydrogen-bond acceptors (Lipinski definition) is 3. The van der Waals surface area contributed by atoms with Crippen LogP contribution in [0.5, 0.6) is 0 Å². The molecule has 0 amide bonds.